The van der Waals surface area contributed by atoms with Crippen molar-refractivity contribution < 1.29 is 117 Å². The van der Waals surface area contributed by atoms with Crippen molar-refractivity contribution >= 4 is 25.7 Å². The van der Waals surface area contributed by atoms with Gasteiger partial charge in [-0.3, -0.25) is 18.6 Å². The molecule has 0 aromatic rings. The minimum atomic E-state index is -5.72. The van der Waals surface area contributed by atoms with E-state index in [9.17, 15) is 74.9 Å². The average molecular weight is 1410 g/mol. The summed E-state index contributed by atoms with van der Waals surface area (Å²) in [7, 11) is -5.72. The first-order chi connectivity index (χ1) is 46.8. The molecule has 18 unspecified atom stereocenters. The van der Waals surface area contributed by atoms with Gasteiger partial charge in [0.15, 0.2) is 18.7 Å². The SMILES string of the molecule is CCCCCCCC/C=C\CCCCCC(=O)OCC(COP(=O)(O)OC1C(OC2OC(CO)C(O)C(O)C2O)C(O)C(O)C(O)C1OC1OC(COC(=O)CCCCCCCCCCCCCCCC)C(O)C(O)C1O)OC(=O)/C=C/C=C/CCCCCCCCCCCCC. The van der Waals surface area contributed by atoms with Crippen LogP contribution in [0.15, 0.2) is 36.5 Å². The predicted octanol–water partition coefficient (Wildman–Crippen LogP) is 9.90. The molecule has 1 saturated carbocycles. The van der Waals surface area contributed by atoms with E-state index in [0.29, 0.717) is 12.8 Å². The van der Waals surface area contributed by atoms with E-state index in [4.69, 9.17) is 42.2 Å². The van der Waals surface area contributed by atoms with E-state index in [1.54, 1.807) is 6.08 Å². The molecule has 0 amide bonds. The predicted molar refractivity (Wildman–Crippen MR) is 365 cm³/mol. The van der Waals surface area contributed by atoms with E-state index in [1.165, 1.54) is 141 Å². The second-order valence-corrected chi connectivity index (χ2v) is 28.1. The normalized spacial score (nSPS) is 28.0. The number of aliphatic hydroxyl groups excluding tert-OH is 10. The summed E-state index contributed by atoms with van der Waals surface area (Å²) in [5, 5.41) is 110. The van der Waals surface area contributed by atoms with Gasteiger partial charge >= 0.3 is 25.7 Å². The molecule has 2 heterocycles. The van der Waals surface area contributed by atoms with Gasteiger partial charge in [-0.1, -0.05) is 237 Å². The number of esters is 3. The Morgan fingerprint density at radius 3 is 1.24 bits per heavy atom. The molecule has 3 rings (SSSR count). The van der Waals surface area contributed by atoms with Gasteiger partial charge in [0.1, 0.15) is 98.7 Å². The van der Waals surface area contributed by atoms with Gasteiger partial charge in [0.05, 0.1) is 13.2 Å². The van der Waals surface area contributed by atoms with Gasteiger partial charge < -0.3 is 89.1 Å². The summed E-state index contributed by atoms with van der Waals surface area (Å²) in [6.45, 7) is 3.31. The van der Waals surface area contributed by atoms with Crippen molar-refractivity contribution in [2.45, 2.75) is 375 Å². The third-order valence-corrected chi connectivity index (χ3v) is 19.2. The maximum atomic E-state index is 14.3. The Hall–Kier alpha value is -2.82. The lowest BCUT2D eigenvalue weighted by Gasteiger charge is -2.49. The number of unbranched alkanes of at least 4 members (excludes halogenated alkanes) is 33. The summed E-state index contributed by atoms with van der Waals surface area (Å²) in [5.74, 6) is -2.26. The quantitative estimate of drug-likeness (QED) is 0.00513. The Morgan fingerprint density at radius 2 is 0.794 bits per heavy atom. The van der Waals surface area contributed by atoms with Crippen LogP contribution in [-0.2, 0) is 61.2 Å². The van der Waals surface area contributed by atoms with Crippen molar-refractivity contribution in [3.8, 4) is 0 Å². The molecule has 0 spiro atoms. The minimum absolute atomic E-state index is 0.00465. The molecule has 25 heteroatoms. The van der Waals surface area contributed by atoms with Crippen molar-refractivity contribution in [2.24, 2.45) is 0 Å². The summed E-state index contributed by atoms with van der Waals surface area (Å²) >= 11 is 0. The number of phosphoric acid groups is 1. The zero-order chi connectivity index (χ0) is 71.1. The fourth-order valence-corrected chi connectivity index (χ4v) is 13.1. The summed E-state index contributed by atoms with van der Waals surface area (Å²) in [4.78, 5) is 50.8. The first kappa shape index (κ1) is 88.4. The minimum Gasteiger partial charge on any atom is -0.463 e. The van der Waals surface area contributed by atoms with Crippen LogP contribution in [0.1, 0.15) is 271 Å². The van der Waals surface area contributed by atoms with Gasteiger partial charge in [-0.2, -0.15) is 0 Å². The number of rotatable bonds is 57. The second-order valence-electron chi connectivity index (χ2n) is 26.7. The fraction of sp³-hybridized carbons (Fsp3) is 0.875. The molecule has 11 N–H and O–H groups in total. The number of hydrogen-bond donors (Lipinski definition) is 11. The molecule has 97 heavy (non-hydrogen) atoms. The molecule has 0 bridgehead atoms. The van der Waals surface area contributed by atoms with E-state index in [0.717, 1.165) is 96.0 Å². The van der Waals surface area contributed by atoms with E-state index in [1.807, 2.05) is 6.08 Å². The summed E-state index contributed by atoms with van der Waals surface area (Å²) < 4.78 is 64.7. The average Bonchev–Trinajstić information content (AvgIpc) is 0.763. The Bertz CT molecular complexity index is 2150. The van der Waals surface area contributed by atoms with Gasteiger partial charge in [0.25, 0.3) is 0 Å². The highest BCUT2D eigenvalue weighted by atomic mass is 31.2. The largest absolute Gasteiger partial charge is 0.472 e. The van der Waals surface area contributed by atoms with Crippen molar-refractivity contribution in [1.82, 2.24) is 0 Å². The third kappa shape index (κ3) is 37.3. The molecular formula is C72H129O24P. The lowest BCUT2D eigenvalue weighted by Crippen LogP contribution is -2.69. The lowest BCUT2D eigenvalue weighted by atomic mass is 9.84. The lowest BCUT2D eigenvalue weighted by molar-refractivity contribution is -0.360. The molecule has 3 fully saturated rings. The van der Waals surface area contributed by atoms with E-state index in [-0.39, 0.29) is 12.8 Å². The second kappa shape index (κ2) is 53.9. The topological polar surface area (TPSA) is 374 Å². The van der Waals surface area contributed by atoms with Gasteiger partial charge in [-0.25, -0.2) is 9.36 Å². The van der Waals surface area contributed by atoms with Crippen LogP contribution in [0, 0.1) is 0 Å². The van der Waals surface area contributed by atoms with Crippen LogP contribution in [0.3, 0.4) is 0 Å². The molecule has 0 radical (unpaired) electrons. The Morgan fingerprint density at radius 1 is 0.423 bits per heavy atom. The molecule has 3 aliphatic rings. The Labute approximate surface area is 578 Å². The summed E-state index contributed by atoms with van der Waals surface area (Å²) in [6.07, 6.45) is 15.8. The number of aliphatic hydroxyl groups is 10. The van der Waals surface area contributed by atoms with Crippen molar-refractivity contribution in [1.29, 1.82) is 0 Å². The monoisotopic (exact) mass is 1410 g/mol. The number of allylic oxidation sites excluding steroid dienone is 5. The summed E-state index contributed by atoms with van der Waals surface area (Å²) in [5.41, 5.74) is 0. The summed E-state index contributed by atoms with van der Waals surface area (Å²) in [6, 6.07) is 0. The van der Waals surface area contributed by atoms with Crippen LogP contribution in [0.25, 0.3) is 0 Å². The highest BCUT2D eigenvalue weighted by molar-refractivity contribution is 7.47. The van der Waals surface area contributed by atoms with Gasteiger partial charge in [-0.15, -0.1) is 0 Å². The molecule has 566 valence electrons. The highest BCUT2D eigenvalue weighted by Crippen LogP contribution is 2.49. The van der Waals surface area contributed by atoms with E-state index < -0.39 is 156 Å². The van der Waals surface area contributed by atoms with Crippen molar-refractivity contribution in [3.05, 3.63) is 36.5 Å². The van der Waals surface area contributed by atoms with E-state index >= 15 is 0 Å². The zero-order valence-electron chi connectivity index (χ0n) is 58.9. The number of hydrogen-bond acceptors (Lipinski definition) is 23. The molecule has 0 aromatic heterocycles. The molecule has 24 nitrogen and oxygen atoms in total. The first-order valence-electron chi connectivity index (χ1n) is 37.3. The van der Waals surface area contributed by atoms with Crippen LogP contribution >= 0.6 is 7.82 Å². The van der Waals surface area contributed by atoms with Crippen molar-refractivity contribution in [2.75, 3.05) is 26.4 Å². The van der Waals surface area contributed by atoms with Crippen LogP contribution in [0.4, 0.5) is 0 Å². The van der Waals surface area contributed by atoms with Crippen molar-refractivity contribution in [3.63, 3.8) is 0 Å². The standard InChI is InChI=1S/C72H129O24P/c1-4-7-10-13-16-19-22-25-27-30-33-36-39-42-45-48-58(76)91-53(50-88-56(74)46-43-40-37-34-31-28-24-21-18-15-12-9-6-3)51-90-97(86,87)96-70-68(94-71-66(84)61(79)59(77)54(49-73)92-71)64(82)63(81)65(83)69(70)95-72-67(85)62(80)60(78)55(93-72)52-89-57(75)47-44-41-38-35-32-29-26-23-20-17-14-11-8-5-2/h28,31,39,42,45,48,53-55,59-73,77-85H,4-27,29-30,32-38,40-41,43-44,46-47,49-52H2,1-3H3,(H,86,87)/b31-28-,42-39+,48-45+. The highest BCUT2D eigenvalue weighted by Gasteiger charge is 2.58. The molecule has 18 atom stereocenters. The zero-order valence-corrected chi connectivity index (χ0v) is 59.8. The Kier molecular flexibility index (Phi) is 49.1. The molecule has 2 aliphatic heterocycles. The number of carbonyl (C=O) groups excluding carboxylic acids is 3. The number of ether oxygens (including phenoxy) is 7. The molecule has 0 aromatic carbocycles. The maximum absolute atomic E-state index is 14.3. The number of carbonyl (C=O) groups is 3. The van der Waals surface area contributed by atoms with Crippen LogP contribution < -0.4 is 0 Å². The molecule has 1 aliphatic carbocycles. The van der Waals surface area contributed by atoms with Gasteiger partial charge in [0.2, 0.25) is 0 Å². The molecule has 2 saturated heterocycles. The fourth-order valence-electron chi connectivity index (χ4n) is 12.1. The van der Waals surface area contributed by atoms with Gasteiger partial charge in [0, 0.05) is 18.9 Å². The smallest absolute Gasteiger partial charge is 0.463 e. The number of phosphoric ester groups is 1. The van der Waals surface area contributed by atoms with E-state index in [2.05, 4.69) is 32.9 Å². The third-order valence-electron chi connectivity index (χ3n) is 18.3. The van der Waals surface area contributed by atoms with Crippen LogP contribution in [0.2, 0.25) is 0 Å². The first-order valence-corrected chi connectivity index (χ1v) is 38.8. The molecular weight excluding hydrogens is 1280 g/mol. The van der Waals surface area contributed by atoms with Crippen LogP contribution in [0.5, 0.6) is 0 Å². The Balaban J connectivity index is 1.76. The van der Waals surface area contributed by atoms with Crippen LogP contribution in [-0.4, -0.2) is 204 Å². The van der Waals surface area contributed by atoms with Gasteiger partial charge in [-0.05, 0) is 51.4 Å². The maximum Gasteiger partial charge on any atom is 0.472 e.